The Hall–Kier alpha value is -2.29. The maximum atomic E-state index is 9.75. The topological polar surface area (TPSA) is 48.9 Å². The van der Waals surface area contributed by atoms with Crippen molar-refractivity contribution >= 4 is 11.0 Å². The summed E-state index contributed by atoms with van der Waals surface area (Å²) in [5, 5.41) is 10.8. The summed E-state index contributed by atoms with van der Waals surface area (Å²) < 4.78 is 0. The summed E-state index contributed by atoms with van der Waals surface area (Å²) in [4.78, 5) is 7.33. The Bertz CT molecular complexity index is 643. The SMILES string of the molecule is Oc1ccccc1-c1cnc2[nH]ccc2c1. The molecule has 0 bridgehead atoms. The molecule has 0 radical (unpaired) electrons. The monoisotopic (exact) mass is 210 g/mol. The molecule has 0 fully saturated rings. The summed E-state index contributed by atoms with van der Waals surface area (Å²) in [6.45, 7) is 0. The van der Waals surface area contributed by atoms with E-state index in [1.807, 2.05) is 30.5 Å². The molecule has 0 spiro atoms. The van der Waals surface area contributed by atoms with E-state index in [1.54, 1.807) is 18.3 Å². The lowest BCUT2D eigenvalue weighted by atomic mass is 10.1. The quantitative estimate of drug-likeness (QED) is 0.648. The first-order valence-electron chi connectivity index (χ1n) is 5.06. The van der Waals surface area contributed by atoms with Gasteiger partial charge in [0.05, 0.1) is 0 Å². The van der Waals surface area contributed by atoms with E-state index in [-0.39, 0.29) is 5.75 Å². The van der Waals surface area contributed by atoms with Gasteiger partial charge in [0.2, 0.25) is 0 Å². The number of aromatic hydroxyl groups is 1. The molecule has 2 heterocycles. The Labute approximate surface area is 92.4 Å². The Morgan fingerprint density at radius 1 is 1.12 bits per heavy atom. The van der Waals surface area contributed by atoms with E-state index in [4.69, 9.17) is 0 Å². The lowest BCUT2D eigenvalue weighted by molar-refractivity contribution is 0.477. The zero-order valence-corrected chi connectivity index (χ0v) is 8.51. The zero-order valence-electron chi connectivity index (χ0n) is 8.51. The highest BCUT2D eigenvalue weighted by atomic mass is 16.3. The lowest BCUT2D eigenvalue weighted by Gasteiger charge is -2.03. The van der Waals surface area contributed by atoms with Gasteiger partial charge < -0.3 is 10.1 Å². The van der Waals surface area contributed by atoms with Crippen molar-refractivity contribution in [3.8, 4) is 16.9 Å². The second kappa shape index (κ2) is 3.38. The normalized spacial score (nSPS) is 10.8. The van der Waals surface area contributed by atoms with E-state index < -0.39 is 0 Å². The maximum Gasteiger partial charge on any atom is 0.137 e. The number of hydrogen-bond acceptors (Lipinski definition) is 2. The summed E-state index contributed by atoms with van der Waals surface area (Å²) >= 11 is 0. The molecule has 0 saturated heterocycles. The molecular weight excluding hydrogens is 200 g/mol. The Kier molecular flexibility index (Phi) is 1.90. The molecule has 3 nitrogen and oxygen atoms in total. The molecule has 1 aromatic carbocycles. The van der Waals surface area contributed by atoms with Crippen molar-refractivity contribution in [1.82, 2.24) is 9.97 Å². The van der Waals surface area contributed by atoms with Gasteiger partial charge in [-0.1, -0.05) is 18.2 Å². The molecule has 0 aliphatic carbocycles. The van der Waals surface area contributed by atoms with Crippen LogP contribution in [0.2, 0.25) is 0 Å². The maximum absolute atomic E-state index is 9.75. The minimum absolute atomic E-state index is 0.277. The number of fused-ring (bicyclic) bond motifs is 1. The van der Waals surface area contributed by atoms with Crippen molar-refractivity contribution in [2.24, 2.45) is 0 Å². The van der Waals surface area contributed by atoms with Gasteiger partial charge in [-0.25, -0.2) is 4.98 Å². The Morgan fingerprint density at radius 3 is 2.88 bits per heavy atom. The number of para-hydroxylation sites is 1. The highest BCUT2D eigenvalue weighted by molar-refractivity contribution is 5.82. The highest BCUT2D eigenvalue weighted by Gasteiger charge is 2.04. The largest absolute Gasteiger partial charge is 0.507 e. The van der Waals surface area contributed by atoms with E-state index in [1.165, 1.54) is 0 Å². The van der Waals surface area contributed by atoms with Crippen LogP contribution in [-0.4, -0.2) is 15.1 Å². The van der Waals surface area contributed by atoms with Crippen LogP contribution >= 0.6 is 0 Å². The van der Waals surface area contributed by atoms with Gasteiger partial charge in [-0.05, 0) is 18.2 Å². The van der Waals surface area contributed by atoms with Crippen molar-refractivity contribution in [2.45, 2.75) is 0 Å². The predicted octanol–water partition coefficient (Wildman–Crippen LogP) is 2.94. The van der Waals surface area contributed by atoms with Gasteiger partial charge in [-0.2, -0.15) is 0 Å². The molecule has 2 aromatic heterocycles. The molecule has 0 aliphatic rings. The summed E-state index contributed by atoms with van der Waals surface area (Å²) in [5.41, 5.74) is 2.59. The van der Waals surface area contributed by atoms with Crippen molar-refractivity contribution in [1.29, 1.82) is 0 Å². The number of hydrogen-bond donors (Lipinski definition) is 2. The standard InChI is InChI=1S/C13H10N2O/c16-12-4-2-1-3-11(12)10-7-9-5-6-14-13(9)15-8-10/h1-8,16H,(H,14,15). The molecule has 16 heavy (non-hydrogen) atoms. The number of phenols is 1. The molecule has 0 amide bonds. The van der Waals surface area contributed by atoms with Gasteiger partial charge in [-0.3, -0.25) is 0 Å². The summed E-state index contributed by atoms with van der Waals surface area (Å²) in [7, 11) is 0. The van der Waals surface area contributed by atoms with Crippen molar-refractivity contribution in [3.05, 3.63) is 48.8 Å². The predicted molar refractivity (Wildman–Crippen MR) is 63.2 cm³/mol. The van der Waals surface area contributed by atoms with Crippen molar-refractivity contribution < 1.29 is 5.11 Å². The van der Waals surface area contributed by atoms with Crippen molar-refractivity contribution in [2.75, 3.05) is 0 Å². The van der Waals surface area contributed by atoms with E-state index in [9.17, 15) is 5.11 Å². The van der Waals surface area contributed by atoms with E-state index in [0.717, 1.165) is 22.2 Å². The number of benzene rings is 1. The number of aromatic amines is 1. The van der Waals surface area contributed by atoms with Crippen LogP contribution in [0.25, 0.3) is 22.2 Å². The molecule has 3 heteroatoms. The van der Waals surface area contributed by atoms with E-state index >= 15 is 0 Å². The Balaban J connectivity index is 2.22. The number of nitrogens with zero attached hydrogens (tertiary/aromatic N) is 1. The van der Waals surface area contributed by atoms with Gasteiger partial charge >= 0.3 is 0 Å². The minimum atomic E-state index is 0.277. The fourth-order valence-corrected chi connectivity index (χ4v) is 1.80. The van der Waals surface area contributed by atoms with Crippen LogP contribution in [0.5, 0.6) is 5.75 Å². The van der Waals surface area contributed by atoms with Crippen LogP contribution in [0, 0.1) is 0 Å². The average Bonchev–Trinajstić information content (AvgIpc) is 2.76. The molecule has 0 atom stereocenters. The highest BCUT2D eigenvalue weighted by Crippen LogP contribution is 2.29. The molecule has 3 rings (SSSR count). The van der Waals surface area contributed by atoms with Crippen LogP contribution in [0.1, 0.15) is 0 Å². The summed E-state index contributed by atoms with van der Waals surface area (Å²) in [5.74, 6) is 0.277. The third-order valence-corrected chi connectivity index (χ3v) is 2.62. The van der Waals surface area contributed by atoms with Gasteiger partial charge in [0.25, 0.3) is 0 Å². The second-order valence-corrected chi connectivity index (χ2v) is 3.66. The first kappa shape index (κ1) is 8.97. The molecule has 78 valence electrons. The zero-order chi connectivity index (χ0) is 11.0. The number of nitrogens with one attached hydrogen (secondary N) is 1. The molecule has 0 saturated carbocycles. The average molecular weight is 210 g/mol. The summed E-state index contributed by atoms with van der Waals surface area (Å²) in [6.07, 6.45) is 3.61. The number of pyridine rings is 1. The molecule has 0 unspecified atom stereocenters. The molecular formula is C13H10N2O. The fraction of sp³-hybridized carbons (Fsp3) is 0. The lowest BCUT2D eigenvalue weighted by Crippen LogP contribution is -1.82. The van der Waals surface area contributed by atoms with E-state index in [2.05, 4.69) is 9.97 Å². The van der Waals surface area contributed by atoms with Gasteiger partial charge in [-0.15, -0.1) is 0 Å². The van der Waals surface area contributed by atoms with Gasteiger partial charge in [0, 0.05) is 28.9 Å². The minimum Gasteiger partial charge on any atom is -0.507 e. The fourth-order valence-electron chi connectivity index (χ4n) is 1.80. The van der Waals surface area contributed by atoms with Crippen LogP contribution < -0.4 is 0 Å². The molecule has 0 aliphatic heterocycles. The third-order valence-electron chi connectivity index (χ3n) is 2.62. The van der Waals surface area contributed by atoms with Crippen LogP contribution in [0.15, 0.2) is 48.8 Å². The van der Waals surface area contributed by atoms with Gasteiger partial charge in [0.1, 0.15) is 11.4 Å². The number of aromatic nitrogens is 2. The summed E-state index contributed by atoms with van der Waals surface area (Å²) in [6, 6.07) is 11.2. The van der Waals surface area contributed by atoms with Crippen LogP contribution in [0.3, 0.4) is 0 Å². The van der Waals surface area contributed by atoms with Gasteiger partial charge in [0.15, 0.2) is 0 Å². The molecule has 2 N–H and O–H groups in total. The number of rotatable bonds is 1. The first-order valence-corrected chi connectivity index (χ1v) is 5.06. The second-order valence-electron chi connectivity index (χ2n) is 3.66. The number of H-pyrrole nitrogens is 1. The van der Waals surface area contributed by atoms with Crippen LogP contribution in [0.4, 0.5) is 0 Å². The number of phenolic OH excluding ortho intramolecular Hbond substituents is 1. The first-order chi connectivity index (χ1) is 7.84. The van der Waals surface area contributed by atoms with E-state index in [0.29, 0.717) is 0 Å². The molecule has 3 aromatic rings. The Morgan fingerprint density at radius 2 is 2.00 bits per heavy atom. The smallest absolute Gasteiger partial charge is 0.137 e. The van der Waals surface area contributed by atoms with Crippen LogP contribution in [-0.2, 0) is 0 Å². The third kappa shape index (κ3) is 1.34. The van der Waals surface area contributed by atoms with Crippen molar-refractivity contribution in [3.63, 3.8) is 0 Å².